The molecule has 2 aliphatic rings. The summed E-state index contributed by atoms with van der Waals surface area (Å²) in [5, 5.41) is 12.5. The third kappa shape index (κ3) is 5.19. The Morgan fingerprint density at radius 2 is 2.08 bits per heavy atom. The second-order valence-electron chi connectivity index (χ2n) is 7.22. The van der Waals surface area contributed by atoms with E-state index >= 15 is 0 Å². The van der Waals surface area contributed by atoms with Crippen LogP contribution in [0.25, 0.3) is 0 Å². The number of hydrogen-bond acceptors (Lipinski definition) is 4. The molecule has 1 aliphatic carbocycles. The fraction of sp³-hybridized carbons (Fsp3) is 0.706. The Hall–Kier alpha value is -2.09. The molecule has 8 heteroatoms. The summed E-state index contributed by atoms with van der Waals surface area (Å²) in [7, 11) is 0. The van der Waals surface area contributed by atoms with Crippen LogP contribution in [0.4, 0.5) is 10.5 Å². The summed E-state index contributed by atoms with van der Waals surface area (Å²) in [6.45, 7) is 5.35. The minimum absolute atomic E-state index is 0.107. The number of rotatable bonds is 4. The number of nitrogens with one attached hydrogen (secondary N) is 3. The van der Waals surface area contributed by atoms with Crippen LogP contribution in [0.2, 0.25) is 0 Å². The van der Waals surface area contributed by atoms with E-state index in [0.717, 1.165) is 12.8 Å². The number of hydrogen-bond donors (Lipinski definition) is 3. The molecule has 3 amide bonds. The van der Waals surface area contributed by atoms with Gasteiger partial charge in [0, 0.05) is 38.4 Å². The van der Waals surface area contributed by atoms with Crippen molar-refractivity contribution in [2.24, 2.45) is 5.92 Å². The van der Waals surface area contributed by atoms with Crippen molar-refractivity contribution >= 4 is 17.6 Å². The molecular formula is C17H28N6O2. The number of carbonyl (C=O) groups is 2. The lowest BCUT2D eigenvalue weighted by Crippen LogP contribution is -2.52. The van der Waals surface area contributed by atoms with E-state index in [2.05, 4.69) is 32.7 Å². The monoisotopic (exact) mass is 348 g/mol. The van der Waals surface area contributed by atoms with Crippen molar-refractivity contribution in [2.45, 2.75) is 38.6 Å². The highest BCUT2D eigenvalue weighted by atomic mass is 16.2. The van der Waals surface area contributed by atoms with Gasteiger partial charge in [-0.15, -0.1) is 0 Å². The van der Waals surface area contributed by atoms with Gasteiger partial charge in [0.25, 0.3) is 0 Å². The average Bonchev–Trinajstić information content (AvgIpc) is 3.08. The Labute approximate surface area is 148 Å². The second kappa shape index (κ2) is 8.33. The third-order valence-electron chi connectivity index (χ3n) is 5.08. The van der Waals surface area contributed by atoms with Crippen LogP contribution in [0.5, 0.6) is 0 Å². The lowest BCUT2D eigenvalue weighted by Gasteiger charge is -2.34. The Balaban J connectivity index is 1.37. The first-order chi connectivity index (χ1) is 12.1. The minimum Gasteiger partial charge on any atom is -0.352 e. The topological polar surface area (TPSA) is 93.4 Å². The Morgan fingerprint density at radius 3 is 2.76 bits per heavy atom. The molecule has 2 atom stereocenters. The van der Waals surface area contributed by atoms with Gasteiger partial charge in [0.1, 0.15) is 0 Å². The molecule has 3 N–H and O–H groups in total. The summed E-state index contributed by atoms with van der Waals surface area (Å²) in [5.41, 5.74) is 0.661. The van der Waals surface area contributed by atoms with Gasteiger partial charge < -0.3 is 15.5 Å². The highest BCUT2D eigenvalue weighted by Crippen LogP contribution is 2.23. The Morgan fingerprint density at radius 1 is 1.28 bits per heavy atom. The highest BCUT2D eigenvalue weighted by molar-refractivity contribution is 5.89. The molecule has 1 aromatic heterocycles. The SMILES string of the molecule is CC1CCCC(NC(=O)CN2CCN(C(=O)Nc3cn[nH]c3)CC2)C1. The van der Waals surface area contributed by atoms with E-state index in [-0.39, 0.29) is 11.9 Å². The maximum absolute atomic E-state index is 12.3. The fourth-order valence-corrected chi connectivity index (χ4v) is 3.67. The number of H-pyrrole nitrogens is 1. The number of aromatic amines is 1. The van der Waals surface area contributed by atoms with Gasteiger partial charge in [-0.3, -0.25) is 14.8 Å². The van der Waals surface area contributed by atoms with E-state index < -0.39 is 0 Å². The number of urea groups is 1. The van der Waals surface area contributed by atoms with Gasteiger partial charge in [0.15, 0.2) is 0 Å². The van der Waals surface area contributed by atoms with Crippen LogP contribution in [0.15, 0.2) is 12.4 Å². The number of piperazine rings is 1. The molecule has 1 saturated carbocycles. The number of aromatic nitrogens is 2. The standard InChI is InChI=1S/C17H28N6O2/c1-13-3-2-4-14(9-13)20-16(24)12-22-5-7-23(8-6-22)17(25)21-15-10-18-19-11-15/h10-11,13-14H,2-9,12H2,1H3,(H,18,19)(H,20,24)(H,21,25). The molecule has 0 bridgehead atoms. The maximum atomic E-state index is 12.3. The predicted octanol–water partition coefficient (Wildman–Crippen LogP) is 1.25. The molecule has 2 heterocycles. The molecule has 0 spiro atoms. The van der Waals surface area contributed by atoms with Crippen LogP contribution in [-0.4, -0.2) is 70.7 Å². The number of anilines is 1. The first-order valence-corrected chi connectivity index (χ1v) is 9.16. The van der Waals surface area contributed by atoms with Gasteiger partial charge >= 0.3 is 6.03 Å². The average molecular weight is 348 g/mol. The van der Waals surface area contributed by atoms with Gasteiger partial charge in [-0.05, 0) is 18.8 Å². The van der Waals surface area contributed by atoms with Gasteiger partial charge in [-0.2, -0.15) is 5.10 Å². The molecule has 2 fully saturated rings. The van der Waals surface area contributed by atoms with Gasteiger partial charge in [-0.25, -0.2) is 4.79 Å². The van der Waals surface area contributed by atoms with Crippen LogP contribution in [0.1, 0.15) is 32.6 Å². The van der Waals surface area contributed by atoms with Crippen LogP contribution >= 0.6 is 0 Å². The van der Waals surface area contributed by atoms with Crippen molar-refractivity contribution in [1.29, 1.82) is 0 Å². The van der Waals surface area contributed by atoms with Crippen LogP contribution in [0.3, 0.4) is 0 Å². The Bertz CT molecular complexity index is 568. The first-order valence-electron chi connectivity index (χ1n) is 9.16. The lowest BCUT2D eigenvalue weighted by atomic mass is 9.87. The lowest BCUT2D eigenvalue weighted by molar-refractivity contribution is -0.123. The number of carbonyl (C=O) groups excluding carboxylic acids is 2. The quantitative estimate of drug-likeness (QED) is 0.763. The van der Waals surface area contributed by atoms with Crippen LogP contribution < -0.4 is 10.6 Å². The second-order valence-corrected chi connectivity index (χ2v) is 7.22. The number of amides is 3. The van der Waals surface area contributed by atoms with Crippen molar-refractivity contribution in [3.05, 3.63) is 12.4 Å². The van der Waals surface area contributed by atoms with Crippen LogP contribution in [-0.2, 0) is 4.79 Å². The van der Waals surface area contributed by atoms with Crippen molar-refractivity contribution in [1.82, 2.24) is 25.3 Å². The molecule has 25 heavy (non-hydrogen) atoms. The minimum atomic E-state index is -0.123. The smallest absolute Gasteiger partial charge is 0.322 e. The summed E-state index contributed by atoms with van der Waals surface area (Å²) in [5.74, 6) is 0.812. The normalized spacial score (nSPS) is 24.8. The molecule has 1 aliphatic heterocycles. The van der Waals surface area contributed by atoms with Crippen LogP contribution in [0, 0.1) is 5.92 Å². The van der Waals surface area contributed by atoms with E-state index in [0.29, 0.717) is 50.4 Å². The zero-order valence-electron chi connectivity index (χ0n) is 14.8. The maximum Gasteiger partial charge on any atom is 0.322 e. The molecule has 3 rings (SSSR count). The molecule has 1 saturated heterocycles. The molecule has 1 aromatic rings. The van der Waals surface area contributed by atoms with Gasteiger partial charge in [0.2, 0.25) is 5.91 Å². The molecule has 2 unspecified atom stereocenters. The van der Waals surface area contributed by atoms with Crippen molar-refractivity contribution in [3.8, 4) is 0 Å². The van der Waals surface area contributed by atoms with E-state index in [1.807, 2.05) is 0 Å². The summed E-state index contributed by atoms with van der Waals surface area (Å²) < 4.78 is 0. The summed E-state index contributed by atoms with van der Waals surface area (Å²) >= 11 is 0. The fourth-order valence-electron chi connectivity index (χ4n) is 3.67. The van der Waals surface area contributed by atoms with E-state index in [4.69, 9.17) is 0 Å². The van der Waals surface area contributed by atoms with Gasteiger partial charge in [0.05, 0.1) is 18.4 Å². The summed E-state index contributed by atoms with van der Waals surface area (Å²) in [6, 6.07) is 0.208. The first kappa shape index (κ1) is 17.7. The zero-order valence-corrected chi connectivity index (χ0v) is 14.8. The molecule has 8 nitrogen and oxygen atoms in total. The Kier molecular flexibility index (Phi) is 5.91. The van der Waals surface area contributed by atoms with Gasteiger partial charge in [-0.1, -0.05) is 19.8 Å². The molecule has 138 valence electrons. The largest absolute Gasteiger partial charge is 0.352 e. The van der Waals surface area contributed by atoms with Crippen molar-refractivity contribution in [2.75, 3.05) is 38.0 Å². The number of nitrogens with zero attached hydrogens (tertiary/aromatic N) is 3. The van der Waals surface area contributed by atoms with E-state index in [9.17, 15) is 9.59 Å². The predicted molar refractivity (Wildman–Crippen MR) is 95.2 cm³/mol. The highest BCUT2D eigenvalue weighted by Gasteiger charge is 2.24. The third-order valence-corrected chi connectivity index (χ3v) is 5.08. The van der Waals surface area contributed by atoms with Crippen molar-refractivity contribution in [3.63, 3.8) is 0 Å². The zero-order chi connectivity index (χ0) is 17.6. The van der Waals surface area contributed by atoms with E-state index in [1.165, 1.54) is 12.8 Å². The molecule has 0 radical (unpaired) electrons. The van der Waals surface area contributed by atoms with Crippen molar-refractivity contribution < 1.29 is 9.59 Å². The summed E-state index contributed by atoms with van der Waals surface area (Å²) in [4.78, 5) is 28.3. The summed E-state index contributed by atoms with van der Waals surface area (Å²) in [6.07, 6.45) is 7.88. The molecular weight excluding hydrogens is 320 g/mol. The molecule has 0 aromatic carbocycles. The van der Waals surface area contributed by atoms with E-state index in [1.54, 1.807) is 17.3 Å².